The average Bonchev–Trinajstić information content (AvgIpc) is 2.77. The number of carbonyl (C=O) groups excluding carboxylic acids is 1. The molecule has 0 spiro atoms. The first-order valence-corrected chi connectivity index (χ1v) is 16.0. The molecule has 4 N–H and O–H groups in total. The second-order valence-corrected chi connectivity index (χ2v) is 13.8. The monoisotopic (exact) mass is 501 g/mol. The summed E-state index contributed by atoms with van der Waals surface area (Å²) in [6.45, 7) is 5.66. The van der Waals surface area contributed by atoms with Crippen molar-refractivity contribution < 1.29 is 33.9 Å². The molecule has 31 heavy (non-hydrogen) atoms. The van der Waals surface area contributed by atoms with Gasteiger partial charge in [-0.25, -0.2) is 0 Å². The fraction of sp³-hybridized carbons (Fsp3) is 0.889. The van der Waals surface area contributed by atoms with Gasteiger partial charge < -0.3 is 24.6 Å². The summed E-state index contributed by atoms with van der Waals surface area (Å²) in [5, 5.41) is 8.83. The van der Waals surface area contributed by atoms with Crippen LogP contribution in [0.4, 0.5) is 0 Å². The van der Waals surface area contributed by atoms with Crippen LogP contribution in [0.1, 0.15) is 26.2 Å². The molecule has 0 aromatic carbocycles. The van der Waals surface area contributed by atoms with E-state index in [9.17, 15) is 28.8 Å². The van der Waals surface area contributed by atoms with Crippen molar-refractivity contribution in [3.05, 3.63) is 0 Å². The molecular formula is C18H38N3O7P3. The molecule has 10 nitrogen and oxygen atoms in total. The quantitative estimate of drug-likeness (QED) is 0.203. The lowest BCUT2D eigenvalue weighted by molar-refractivity contribution is -0.136. The standard InChI is InChI=1S/C18H38N3O7P3/c1-2-14-31(27,28)17-21-9-7-19(15-29(25)12-3-11-22)5-6-20(8-10-21)16-30(26)13-4-18(23)24/h11,25-26H,2-10,12-17H2,1H3,(H,23,24)(H,27,28). The van der Waals surface area contributed by atoms with E-state index in [0.717, 1.165) is 6.29 Å². The third kappa shape index (κ3) is 14.0. The van der Waals surface area contributed by atoms with E-state index >= 15 is 0 Å². The Balaban J connectivity index is 2.78. The smallest absolute Gasteiger partial charge is 0.303 e. The van der Waals surface area contributed by atoms with Crippen molar-refractivity contribution in [2.24, 2.45) is 0 Å². The van der Waals surface area contributed by atoms with Gasteiger partial charge in [-0.3, -0.25) is 24.1 Å². The van der Waals surface area contributed by atoms with Crippen molar-refractivity contribution in [2.75, 3.05) is 76.6 Å². The summed E-state index contributed by atoms with van der Waals surface area (Å²) in [7, 11) is -5.96. The third-order valence-corrected chi connectivity index (χ3v) is 9.96. The second-order valence-electron chi connectivity index (χ2n) is 7.91. The van der Waals surface area contributed by atoms with Crippen LogP contribution in [0.15, 0.2) is 0 Å². The van der Waals surface area contributed by atoms with Crippen molar-refractivity contribution in [1.29, 1.82) is 0 Å². The zero-order chi connectivity index (χ0) is 23.3. The molecule has 0 amide bonds. The fourth-order valence-electron chi connectivity index (χ4n) is 3.37. The Labute approximate surface area is 187 Å². The van der Waals surface area contributed by atoms with Crippen molar-refractivity contribution in [1.82, 2.24) is 14.7 Å². The number of carbonyl (C=O) groups is 2. The van der Waals surface area contributed by atoms with Crippen molar-refractivity contribution in [2.45, 2.75) is 26.2 Å². The maximum Gasteiger partial charge on any atom is 0.303 e. The van der Waals surface area contributed by atoms with Crippen molar-refractivity contribution >= 4 is 35.9 Å². The van der Waals surface area contributed by atoms with Gasteiger partial charge in [-0.2, -0.15) is 0 Å². The number of nitrogens with zero attached hydrogens (tertiary/aromatic N) is 3. The van der Waals surface area contributed by atoms with Crippen LogP contribution in [0.25, 0.3) is 0 Å². The second kappa shape index (κ2) is 15.8. The first-order chi connectivity index (χ1) is 14.6. The Morgan fingerprint density at radius 1 is 0.968 bits per heavy atom. The lowest BCUT2D eigenvalue weighted by Gasteiger charge is -2.28. The molecule has 0 aromatic heterocycles. The number of hydrogen-bond donors (Lipinski definition) is 4. The predicted molar refractivity (Wildman–Crippen MR) is 125 cm³/mol. The highest BCUT2D eigenvalue weighted by molar-refractivity contribution is 7.57. The Hall–Kier alpha value is -0.0100. The summed E-state index contributed by atoms with van der Waals surface area (Å²) in [4.78, 5) is 58.4. The predicted octanol–water partition coefficient (Wildman–Crippen LogP) is 1.30. The highest BCUT2D eigenvalue weighted by atomic mass is 31.2. The van der Waals surface area contributed by atoms with E-state index in [1.165, 1.54) is 0 Å². The molecule has 0 saturated carbocycles. The van der Waals surface area contributed by atoms with Gasteiger partial charge in [0.15, 0.2) is 0 Å². The molecule has 3 unspecified atom stereocenters. The third-order valence-electron chi connectivity index (χ3n) is 5.01. The number of aliphatic carboxylic acids is 1. The largest absolute Gasteiger partial charge is 0.481 e. The van der Waals surface area contributed by atoms with Gasteiger partial charge in [-0.15, -0.1) is 0 Å². The summed E-state index contributed by atoms with van der Waals surface area (Å²) in [5.41, 5.74) is 0. The molecule has 0 radical (unpaired) electrons. The first-order valence-electron chi connectivity index (χ1n) is 10.7. The lowest BCUT2D eigenvalue weighted by atomic mass is 10.5. The molecule has 1 heterocycles. The number of aldehydes is 1. The number of carboxylic acid groups (broad SMARTS) is 1. The van der Waals surface area contributed by atoms with Gasteiger partial charge in [0.2, 0.25) is 7.37 Å². The summed E-state index contributed by atoms with van der Waals surface area (Å²) in [5.74, 6) is -0.926. The Morgan fingerprint density at radius 3 is 1.90 bits per heavy atom. The molecule has 13 heteroatoms. The van der Waals surface area contributed by atoms with E-state index in [4.69, 9.17) is 5.11 Å². The van der Waals surface area contributed by atoms with E-state index in [2.05, 4.69) is 9.80 Å². The Morgan fingerprint density at radius 2 is 1.45 bits per heavy atom. The maximum atomic E-state index is 12.5. The molecule has 1 aliphatic heterocycles. The first kappa shape index (κ1) is 29.0. The average molecular weight is 501 g/mol. The molecule has 1 fully saturated rings. The highest BCUT2D eigenvalue weighted by Crippen LogP contribution is 2.41. The summed E-state index contributed by atoms with van der Waals surface area (Å²) in [6.07, 6.45) is 3.69. The molecule has 0 aliphatic carbocycles. The maximum absolute atomic E-state index is 12.5. The molecule has 3 atom stereocenters. The SMILES string of the molecule is CCCP(=O)(O)CN1CCN(CP(O)CCC=O)CCN(CP(O)CCC(=O)O)CC1. The van der Waals surface area contributed by atoms with Gasteiger partial charge in [-0.05, 0) is 12.6 Å². The molecule has 182 valence electrons. The van der Waals surface area contributed by atoms with E-state index in [-0.39, 0.29) is 25.0 Å². The molecule has 1 saturated heterocycles. The molecule has 1 rings (SSSR count). The minimum Gasteiger partial charge on any atom is -0.481 e. The van der Waals surface area contributed by atoms with E-state index < -0.39 is 29.6 Å². The van der Waals surface area contributed by atoms with Crippen LogP contribution in [0.3, 0.4) is 0 Å². The van der Waals surface area contributed by atoms with Gasteiger partial charge >= 0.3 is 5.97 Å². The van der Waals surface area contributed by atoms with Crippen molar-refractivity contribution in [3.63, 3.8) is 0 Å². The number of hydrogen-bond acceptors (Lipinski definition) is 8. The van der Waals surface area contributed by atoms with Crippen LogP contribution >= 0.6 is 23.7 Å². The Bertz CT molecular complexity index is 588. The zero-order valence-electron chi connectivity index (χ0n) is 18.4. The number of carboxylic acids is 1. The zero-order valence-corrected chi connectivity index (χ0v) is 21.1. The van der Waals surface area contributed by atoms with E-state index in [1.54, 1.807) is 0 Å². The lowest BCUT2D eigenvalue weighted by Crippen LogP contribution is -2.37. The van der Waals surface area contributed by atoms with Gasteiger partial charge in [-0.1, -0.05) is 6.92 Å². The molecule has 0 bridgehead atoms. The topological polar surface area (TPSA) is 142 Å². The molecular weight excluding hydrogens is 463 g/mol. The number of rotatable bonds is 14. The fourth-order valence-corrected chi connectivity index (χ4v) is 7.74. The van der Waals surface area contributed by atoms with E-state index in [0.29, 0.717) is 70.8 Å². The van der Waals surface area contributed by atoms with Crippen molar-refractivity contribution in [3.8, 4) is 0 Å². The summed E-state index contributed by atoms with van der Waals surface area (Å²) >= 11 is 0. The minimum atomic E-state index is -3.25. The van der Waals surface area contributed by atoms with Gasteiger partial charge in [0, 0.05) is 86.9 Å². The molecule has 1 aliphatic rings. The molecule has 0 aromatic rings. The van der Waals surface area contributed by atoms with Gasteiger partial charge in [0.05, 0.1) is 12.7 Å². The minimum absolute atomic E-state index is 0.0649. The van der Waals surface area contributed by atoms with Crippen LogP contribution in [0.5, 0.6) is 0 Å². The van der Waals surface area contributed by atoms with Crippen LogP contribution in [0, 0.1) is 0 Å². The normalized spacial score (nSPS) is 21.4. The van der Waals surface area contributed by atoms with Crippen LogP contribution in [-0.4, -0.2) is 123 Å². The Kier molecular flexibility index (Phi) is 14.8. The highest BCUT2D eigenvalue weighted by Gasteiger charge is 2.25. The van der Waals surface area contributed by atoms with Gasteiger partial charge in [0.1, 0.15) is 6.29 Å². The summed E-state index contributed by atoms with van der Waals surface area (Å²) in [6, 6.07) is 0. The van der Waals surface area contributed by atoms with Crippen LogP contribution in [-0.2, 0) is 14.2 Å². The van der Waals surface area contributed by atoms with Crippen LogP contribution < -0.4 is 0 Å². The van der Waals surface area contributed by atoms with Gasteiger partial charge in [0.25, 0.3) is 0 Å². The van der Waals surface area contributed by atoms with Crippen LogP contribution in [0.2, 0.25) is 0 Å². The van der Waals surface area contributed by atoms with E-state index in [1.807, 2.05) is 11.8 Å². The summed E-state index contributed by atoms with van der Waals surface area (Å²) < 4.78 is 12.5.